The molecule has 240 valence electrons. The number of halogens is 3. The molecule has 4 heterocycles. The van der Waals surface area contributed by atoms with Crippen molar-refractivity contribution in [3.05, 3.63) is 30.0 Å². The van der Waals surface area contributed by atoms with E-state index in [-0.39, 0.29) is 33.4 Å². The molecule has 1 aliphatic carbocycles. The van der Waals surface area contributed by atoms with E-state index in [1.54, 1.807) is 6.07 Å². The molecule has 15 heteroatoms. The molecule has 2 aromatic heterocycles. The lowest BCUT2D eigenvalue weighted by atomic mass is 10.0. The fraction of sp³-hybridized carbons (Fsp3) is 0.586. The van der Waals surface area contributed by atoms with E-state index in [0.29, 0.717) is 50.5 Å². The summed E-state index contributed by atoms with van der Waals surface area (Å²) in [7, 11) is -2.35. The van der Waals surface area contributed by atoms with Crippen LogP contribution in [0.1, 0.15) is 44.1 Å². The number of piperidine rings is 1. The van der Waals surface area contributed by atoms with Gasteiger partial charge in [0.05, 0.1) is 41.9 Å². The normalized spacial score (nSPS) is 19.9. The maximum Gasteiger partial charge on any atom is 0.418 e. The number of aromatic amines is 1. The fourth-order valence-corrected chi connectivity index (χ4v) is 7.98. The van der Waals surface area contributed by atoms with Crippen molar-refractivity contribution in [3.8, 4) is 5.75 Å². The molecule has 2 saturated heterocycles. The quantitative estimate of drug-likeness (QED) is 0.303. The summed E-state index contributed by atoms with van der Waals surface area (Å²) in [4.78, 5) is 13.8. The van der Waals surface area contributed by atoms with E-state index in [1.807, 2.05) is 0 Å². The van der Waals surface area contributed by atoms with E-state index in [4.69, 9.17) is 9.47 Å². The van der Waals surface area contributed by atoms with Crippen LogP contribution in [-0.2, 0) is 20.9 Å². The smallest absolute Gasteiger partial charge is 0.418 e. The monoisotopic (exact) mass is 637 g/mol. The number of nitrogens with one attached hydrogen (secondary N) is 3. The molecule has 44 heavy (non-hydrogen) atoms. The van der Waals surface area contributed by atoms with Gasteiger partial charge in [-0.2, -0.15) is 27.4 Å². The highest BCUT2D eigenvalue weighted by atomic mass is 32.2. The molecule has 3 fully saturated rings. The molecule has 0 atom stereocenters. The lowest BCUT2D eigenvalue weighted by molar-refractivity contribution is -0.136. The van der Waals surface area contributed by atoms with Crippen molar-refractivity contribution in [3.63, 3.8) is 0 Å². The van der Waals surface area contributed by atoms with Crippen molar-refractivity contribution in [1.29, 1.82) is 0 Å². The number of aromatic nitrogens is 3. The van der Waals surface area contributed by atoms with E-state index in [2.05, 4.69) is 30.5 Å². The number of sulfonamides is 1. The Balaban J connectivity index is 1.22. The maximum atomic E-state index is 13.8. The first kappa shape index (κ1) is 30.9. The molecule has 3 aliphatic rings. The van der Waals surface area contributed by atoms with Crippen LogP contribution >= 0.6 is 0 Å². The number of hydrogen-bond acceptors (Lipinski definition) is 9. The topological polar surface area (TPSA) is 125 Å². The third-order valence-electron chi connectivity index (χ3n) is 8.91. The van der Waals surface area contributed by atoms with Gasteiger partial charge in [-0.05, 0) is 43.7 Å². The number of rotatable bonds is 9. The number of fused-ring (bicyclic) bond motifs is 1. The van der Waals surface area contributed by atoms with E-state index in [9.17, 15) is 21.6 Å². The maximum absolute atomic E-state index is 13.8. The van der Waals surface area contributed by atoms with Crippen LogP contribution in [-0.4, -0.2) is 91.7 Å². The number of methoxy groups -OCH3 is 1. The Morgan fingerprint density at radius 1 is 1.07 bits per heavy atom. The van der Waals surface area contributed by atoms with Gasteiger partial charge in [-0.15, -0.1) is 0 Å². The molecule has 0 unspecified atom stereocenters. The first-order valence-corrected chi connectivity index (χ1v) is 16.5. The van der Waals surface area contributed by atoms with Crippen LogP contribution in [0.25, 0.3) is 11.0 Å². The Labute approximate surface area is 254 Å². The minimum atomic E-state index is -4.58. The van der Waals surface area contributed by atoms with Crippen LogP contribution in [0.2, 0.25) is 0 Å². The van der Waals surface area contributed by atoms with E-state index >= 15 is 0 Å². The summed E-state index contributed by atoms with van der Waals surface area (Å²) in [6, 6.07) is 4.83. The van der Waals surface area contributed by atoms with Gasteiger partial charge in [0.15, 0.2) is 0 Å². The number of morpholine rings is 1. The van der Waals surface area contributed by atoms with Gasteiger partial charge in [-0.1, -0.05) is 12.8 Å². The van der Waals surface area contributed by atoms with Gasteiger partial charge in [-0.25, -0.2) is 8.42 Å². The van der Waals surface area contributed by atoms with Gasteiger partial charge in [0.1, 0.15) is 17.2 Å². The molecule has 3 N–H and O–H groups in total. The van der Waals surface area contributed by atoms with Crippen molar-refractivity contribution in [1.82, 2.24) is 24.2 Å². The molecule has 1 saturated carbocycles. The first-order valence-electron chi connectivity index (χ1n) is 15.1. The zero-order valence-corrected chi connectivity index (χ0v) is 25.4. The Morgan fingerprint density at radius 3 is 2.48 bits per heavy atom. The second-order valence-corrected chi connectivity index (χ2v) is 13.6. The van der Waals surface area contributed by atoms with Gasteiger partial charge in [0.25, 0.3) is 0 Å². The highest BCUT2D eigenvalue weighted by Crippen LogP contribution is 2.39. The Hall–Kier alpha value is -3.14. The summed E-state index contributed by atoms with van der Waals surface area (Å²) in [5, 5.41) is 6.04. The summed E-state index contributed by atoms with van der Waals surface area (Å²) in [6.45, 7) is 4.50. The number of nitrogens with zero attached hydrogens (tertiary/aromatic N) is 4. The fourth-order valence-electron chi connectivity index (χ4n) is 6.49. The van der Waals surface area contributed by atoms with Crippen LogP contribution in [0.5, 0.6) is 5.75 Å². The molecule has 0 spiro atoms. The van der Waals surface area contributed by atoms with Crippen molar-refractivity contribution >= 4 is 38.5 Å². The van der Waals surface area contributed by atoms with Gasteiger partial charge >= 0.3 is 6.18 Å². The molecule has 0 bridgehead atoms. The Kier molecular flexibility index (Phi) is 8.91. The average Bonchev–Trinajstić information content (AvgIpc) is 3.71. The molecular formula is C29H38F3N7O4S. The van der Waals surface area contributed by atoms with Crippen molar-refractivity contribution in [2.75, 3.05) is 63.7 Å². The lowest BCUT2D eigenvalue weighted by Gasteiger charge is -2.39. The summed E-state index contributed by atoms with van der Waals surface area (Å²) in [5.74, 6) is 0.725. The molecule has 11 nitrogen and oxygen atoms in total. The van der Waals surface area contributed by atoms with E-state index in [0.717, 1.165) is 57.8 Å². The lowest BCUT2D eigenvalue weighted by Crippen LogP contribution is -2.50. The number of H-pyrrole nitrogens is 1. The zero-order chi connectivity index (χ0) is 30.9. The molecular weight excluding hydrogens is 599 g/mol. The van der Waals surface area contributed by atoms with Crippen LogP contribution in [0.15, 0.2) is 29.3 Å². The van der Waals surface area contributed by atoms with Crippen LogP contribution < -0.4 is 15.4 Å². The number of alkyl halides is 3. The van der Waals surface area contributed by atoms with E-state index in [1.165, 1.54) is 23.5 Å². The highest BCUT2D eigenvalue weighted by Gasteiger charge is 2.36. The average molecular weight is 638 g/mol. The zero-order valence-electron chi connectivity index (χ0n) is 24.6. The number of hydrogen-bond donors (Lipinski definition) is 3. The second-order valence-electron chi connectivity index (χ2n) is 11.6. The molecule has 6 rings (SSSR count). The van der Waals surface area contributed by atoms with Crippen molar-refractivity contribution in [2.24, 2.45) is 5.92 Å². The standard InChI is InChI=1S/C29H38F3N7O4S/c1-42-24-16-21(44(40,41)39-10-8-20(9-11-39)38-12-14-43-15-13-38)6-7-23(24)35-28-36-26(33-17-19-4-2-3-5-19)25-22(29(30,31)32)18-34-27(25)37-28/h6-7,16,18-20H,2-5,8-15,17H2,1H3,(H3,33,34,35,36,37). The minimum Gasteiger partial charge on any atom is -0.495 e. The van der Waals surface area contributed by atoms with Crippen LogP contribution in [0.4, 0.5) is 30.6 Å². The van der Waals surface area contributed by atoms with Crippen molar-refractivity contribution in [2.45, 2.75) is 55.6 Å². The molecule has 1 aromatic carbocycles. The third kappa shape index (κ3) is 6.46. The highest BCUT2D eigenvalue weighted by molar-refractivity contribution is 7.89. The Bertz CT molecular complexity index is 1560. The van der Waals surface area contributed by atoms with Crippen LogP contribution in [0.3, 0.4) is 0 Å². The van der Waals surface area contributed by atoms with E-state index < -0.39 is 21.8 Å². The number of benzene rings is 1. The second kappa shape index (κ2) is 12.7. The Morgan fingerprint density at radius 2 is 1.80 bits per heavy atom. The summed E-state index contributed by atoms with van der Waals surface area (Å²) in [6.07, 6.45) is 2.07. The predicted molar refractivity (Wildman–Crippen MR) is 160 cm³/mol. The SMILES string of the molecule is COc1cc(S(=O)(=O)N2CCC(N3CCOCC3)CC2)ccc1Nc1nc(NCC2CCCC2)c2c(C(F)(F)F)c[nH]c2n1. The van der Waals surface area contributed by atoms with Gasteiger partial charge < -0.3 is 25.1 Å². The minimum absolute atomic E-state index is 0.0300. The summed E-state index contributed by atoms with van der Waals surface area (Å²) < 4.78 is 81.0. The summed E-state index contributed by atoms with van der Waals surface area (Å²) in [5.41, 5.74) is -0.433. The third-order valence-corrected chi connectivity index (χ3v) is 10.8. The predicted octanol–water partition coefficient (Wildman–Crippen LogP) is 4.82. The largest absolute Gasteiger partial charge is 0.495 e. The number of ether oxygens (including phenoxy) is 2. The summed E-state index contributed by atoms with van der Waals surface area (Å²) >= 11 is 0. The van der Waals surface area contributed by atoms with Gasteiger partial charge in [-0.3, -0.25) is 4.90 Å². The molecule has 2 aliphatic heterocycles. The van der Waals surface area contributed by atoms with Crippen molar-refractivity contribution < 1.29 is 31.1 Å². The van der Waals surface area contributed by atoms with Gasteiger partial charge in [0.2, 0.25) is 16.0 Å². The van der Waals surface area contributed by atoms with Crippen LogP contribution in [0, 0.1) is 5.92 Å². The first-order chi connectivity index (χ1) is 21.1. The molecule has 0 amide bonds. The van der Waals surface area contributed by atoms with Gasteiger partial charge in [0, 0.05) is 51.0 Å². The molecule has 0 radical (unpaired) electrons. The molecule has 3 aromatic rings. The number of anilines is 3.